The number of alkyl halides is 3. The highest BCUT2D eigenvalue weighted by Crippen LogP contribution is 2.23. The monoisotopic (exact) mass is 210 g/mol. The van der Waals surface area contributed by atoms with E-state index in [4.69, 9.17) is 5.73 Å². The van der Waals surface area contributed by atoms with Gasteiger partial charge < -0.3 is 10.5 Å². The number of ether oxygens (including phenoxy) is 1. The van der Waals surface area contributed by atoms with Gasteiger partial charge in [-0.25, -0.2) is 4.79 Å². The van der Waals surface area contributed by atoms with E-state index in [1.165, 1.54) is 7.05 Å². The molecule has 0 amide bonds. The van der Waals surface area contributed by atoms with Gasteiger partial charge in [0.1, 0.15) is 11.3 Å². The van der Waals surface area contributed by atoms with Crippen molar-refractivity contribution < 1.29 is 22.7 Å². The van der Waals surface area contributed by atoms with E-state index in [-0.39, 0.29) is 0 Å². The maximum absolute atomic E-state index is 12.1. The van der Waals surface area contributed by atoms with Gasteiger partial charge in [0.05, 0.1) is 7.11 Å². The molecule has 0 heterocycles. The summed E-state index contributed by atoms with van der Waals surface area (Å²) in [7, 11) is 2.17. The van der Waals surface area contributed by atoms with Crippen LogP contribution in [0.4, 0.5) is 13.2 Å². The van der Waals surface area contributed by atoms with E-state index in [1.807, 2.05) is 0 Å². The topological polar surface area (TPSA) is 64.7 Å². The first kappa shape index (κ1) is 12.5. The predicted octanol–water partition coefficient (Wildman–Crippen LogP) is 0.635. The SMILES string of the molecule is CN=CC(C(=O)OC)=C(N)C(F)(F)F. The van der Waals surface area contributed by atoms with E-state index < -0.39 is 23.4 Å². The molecule has 80 valence electrons. The summed E-state index contributed by atoms with van der Waals surface area (Å²) in [6.45, 7) is 0. The Balaban J connectivity index is 5.27. The van der Waals surface area contributed by atoms with Crippen LogP contribution in [0.3, 0.4) is 0 Å². The largest absolute Gasteiger partial charge is 0.465 e. The van der Waals surface area contributed by atoms with Gasteiger partial charge in [0.15, 0.2) is 0 Å². The molecule has 0 unspecified atom stereocenters. The van der Waals surface area contributed by atoms with Crippen molar-refractivity contribution in [1.82, 2.24) is 0 Å². The van der Waals surface area contributed by atoms with Gasteiger partial charge in [0.25, 0.3) is 0 Å². The Labute approximate surface area is 78.2 Å². The molecule has 0 atom stereocenters. The zero-order valence-electron chi connectivity index (χ0n) is 7.55. The van der Waals surface area contributed by atoms with Gasteiger partial charge >= 0.3 is 12.1 Å². The van der Waals surface area contributed by atoms with E-state index in [0.29, 0.717) is 6.21 Å². The lowest BCUT2D eigenvalue weighted by atomic mass is 10.2. The van der Waals surface area contributed by atoms with Crippen LogP contribution in [-0.2, 0) is 9.53 Å². The van der Waals surface area contributed by atoms with E-state index in [9.17, 15) is 18.0 Å². The number of nitrogens with two attached hydrogens (primary N) is 1. The average Bonchev–Trinajstić information content (AvgIpc) is 2.10. The number of hydrogen-bond donors (Lipinski definition) is 1. The number of halogens is 3. The summed E-state index contributed by atoms with van der Waals surface area (Å²) < 4.78 is 40.3. The number of nitrogens with zero attached hydrogens (tertiary/aromatic N) is 1. The number of carbonyl (C=O) groups is 1. The van der Waals surface area contributed by atoms with Gasteiger partial charge in [-0.2, -0.15) is 13.2 Å². The highest BCUT2D eigenvalue weighted by molar-refractivity contribution is 6.10. The highest BCUT2D eigenvalue weighted by atomic mass is 19.4. The fourth-order valence-electron chi connectivity index (χ4n) is 0.624. The van der Waals surface area contributed by atoms with Crippen molar-refractivity contribution in [3.8, 4) is 0 Å². The van der Waals surface area contributed by atoms with Crippen molar-refractivity contribution in [1.29, 1.82) is 0 Å². The standard InChI is InChI=1S/C7H9F3N2O2/c1-12-3-4(6(13)14-2)5(11)7(8,9)10/h3H,11H2,1-2H3. The third-order valence-corrected chi connectivity index (χ3v) is 1.26. The smallest absolute Gasteiger partial charge is 0.431 e. The van der Waals surface area contributed by atoms with Crippen molar-refractivity contribution in [2.75, 3.05) is 14.2 Å². The molecule has 0 aromatic rings. The maximum atomic E-state index is 12.1. The molecule has 0 rings (SSSR count). The first-order valence-corrected chi connectivity index (χ1v) is 3.42. The molecule has 0 saturated carbocycles. The highest BCUT2D eigenvalue weighted by Gasteiger charge is 2.36. The van der Waals surface area contributed by atoms with Crippen LogP contribution in [-0.4, -0.2) is 32.5 Å². The summed E-state index contributed by atoms with van der Waals surface area (Å²) in [6.07, 6.45) is -4.07. The Kier molecular flexibility index (Phi) is 4.13. The number of allylic oxidation sites excluding steroid dienone is 1. The van der Waals surface area contributed by atoms with E-state index in [2.05, 4.69) is 9.73 Å². The third kappa shape index (κ3) is 3.08. The Morgan fingerprint density at radius 1 is 1.50 bits per heavy atom. The second kappa shape index (κ2) is 4.64. The Morgan fingerprint density at radius 2 is 2.00 bits per heavy atom. The average molecular weight is 210 g/mol. The first-order valence-electron chi connectivity index (χ1n) is 3.42. The van der Waals surface area contributed by atoms with Gasteiger partial charge in [0.2, 0.25) is 0 Å². The number of hydrogen-bond acceptors (Lipinski definition) is 4. The number of methoxy groups -OCH3 is 1. The minimum atomic E-state index is -4.77. The number of esters is 1. The minimum absolute atomic E-state index is 0.703. The third-order valence-electron chi connectivity index (χ3n) is 1.26. The summed E-state index contributed by atoms with van der Waals surface area (Å²) >= 11 is 0. The molecule has 14 heavy (non-hydrogen) atoms. The molecule has 0 radical (unpaired) electrons. The fraction of sp³-hybridized carbons (Fsp3) is 0.429. The van der Waals surface area contributed by atoms with Crippen LogP contribution in [0.1, 0.15) is 0 Å². The quantitative estimate of drug-likeness (QED) is 0.413. The lowest BCUT2D eigenvalue weighted by Crippen LogP contribution is -2.25. The zero-order chi connectivity index (χ0) is 11.4. The molecule has 0 aromatic heterocycles. The van der Waals surface area contributed by atoms with E-state index in [0.717, 1.165) is 7.11 Å². The molecule has 7 heteroatoms. The van der Waals surface area contributed by atoms with E-state index >= 15 is 0 Å². The molecular weight excluding hydrogens is 201 g/mol. The Morgan fingerprint density at radius 3 is 2.29 bits per heavy atom. The van der Waals surface area contributed by atoms with Crippen LogP contribution >= 0.6 is 0 Å². The number of carbonyl (C=O) groups excluding carboxylic acids is 1. The maximum Gasteiger partial charge on any atom is 0.431 e. The van der Waals surface area contributed by atoms with Crippen molar-refractivity contribution in [3.63, 3.8) is 0 Å². The summed E-state index contributed by atoms with van der Waals surface area (Å²) in [4.78, 5) is 14.1. The van der Waals surface area contributed by atoms with Crippen LogP contribution in [0.25, 0.3) is 0 Å². The van der Waals surface area contributed by atoms with Crippen LogP contribution in [0.5, 0.6) is 0 Å². The Bertz CT molecular complexity index is 281. The number of aliphatic imine (C=N–C) groups is 1. The van der Waals surface area contributed by atoms with Gasteiger partial charge in [-0.3, -0.25) is 4.99 Å². The molecule has 0 aliphatic heterocycles. The summed E-state index contributed by atoms with van der Waals surface area (Å²) in [6, 6.07) is 0. The molecule has 0 fully saturated rings. The predicted molar refractivity (Wildman–Crippen MR) is 43.7 cm³/mol. The Hall–Kier alpha value is -1.53. The van der Waals surface area contributed by atoms with Crippen molar-refractivity contribution in [2.24, 2.45) is 10.7 Å². The fourth-order valence-corrected chi connectivity index (χ4v) is 0.624. The minimum Gasteiger partial charge on any atom is -0.465 e. The van der Waals surface area contributed by atoms with Crippen LogP contribution in [0.2, 0.25) is 0 Å². The molecule has 2 N–H and O–H groups in total. The van der Waals surface area contributed by atoms with E-state index in [1.54, 1.807) is 0 Å². The van der Waals surface area contributed by atoms with Crippen molar-refractivity contribution in [2.45, 2.75) is 6.18 Å². The summed E-state index contributed by atoms with van der Waals surface area (Å²) in [5.41, 5.74) is 2.40. The number of rotatable bonds is 2. The summed E-state index contributed by atoms with van der Waals surface area (Å²) in [5.74, 6) is -1.18. The second-order valence-electron chi connectivity index (χ2n) is 2.20. The van der Waals surface area contributed by atoms with Gasteiger partial charge in [-0.05, 0) is 0 Å². The molecule has 0 aliphatic rings. The first-order chi connectivity index (χ1) is 6.34. The molecule has 0 saturated heterocycles. The van der Waals surface area contributed by atoms with Gasteiger partial charge in [0, 0.05) is 13.3 Å². The second-order valence-corrected chi connectivity index (χ2v) is 2.20. The van der Waals surface area contributed by atoms with Gasteiger partial charge in [-0.1, -0.05) is 0 Å². The molecular formula is C7H9F3N2O2. The molecule has 4 nitrogen and oxygen atoms in total. The summed E-state index contributed by atoms with van der Waals surface area (Å²) in [5, 5.41) is 0. The lowest BCUT2D eigenvalue weighted by molar-refractivity contribution is -0.136. The molecule has 0 aliphatic carbocycles. The zero-order valence-corrected chi connectivity index (χ0v) is 7.55. The van der Waals surface area contributed by atoms with Crippen LogP contribution in [0.15, 0.2) is 16.3 Å². The van der Waals surface area contributed by atoms with Crippen molar-refractivity contribution >= 4 is 12.2 Å². The lowest BCUT2D eigenvalue weighted by Gasteiger charge is -2.09. The van der Waals surface area contributed by atoms with Crippen LogP contribution < -0.4 is 5.73 Å². The van der Waals surface area contributed by atoms with Crippen molar-refractivity contribution in [3.05, 3.63) is 11.3 Å². The van der Waals surface area contributed by atoms with Gasteiger partial charge in [-0.15, -0.1) is 0 Å². The normalized spacial score (nSPS) is 14.1. The molecule has 0 aromatic carbocycles. The molecule has 0 spiro atoms. The molecule has 0 bridgehead atoms. The van der Waals surface area contributed by atoms with Crippen LogP contribution in [0, 0.1) is 0 Å².